The zero-order chi connectivity index (χ0) is 52.2. The van der Waals surface area contributed by atoms with Crippen LogP contribution in [0.3, 0.4) is 0 Å². The van der Waals surface area contributed by atoms with Crippen LogP contribution in [0.25, 0.3) is 10.9 Å². The van der Waals surface area contributed by atoms with Crippen LogP contribution in [0.2, 0.25) is 0 Å². The highest BCUT2D eigenvalue weighted by atomic mass is 16.3. The number of carbonyl (C=O) groups excluding carboxylic acids is 7. The molecule has 4 rings (SSSR count). The predicted octanol–water partition coefficient (Wildman–Crippen LogP) is 5.27. The molecule has 382 valence electrons. The Labute approximate surface area is 414 Å². The summed E-state index contributed by atoms with van der Waals surface area (Å²) in [5.74, 6) is -4.70. The predicted molar refractivity (Wildman–Crippen MR) is 273 cm³/mol. The number of phenolic OH excluding ortho intramolecular Hbond substituents is 1. The molecule has 0 aliphatic carbocycles. The van der Waals surface area contributed by atoms with E-state index < -0.39 is 89.2 Å². The molecule has 0 bridgehead atoms. The van der Waals surface area contributed by atoms with E-state index in [0.29, 0.717) is 5.56 Å². The van der Waals surface area contributed by atoms with E-state index in [4.69, 9.17) is 0 Å². The zero-order valence-electron chi connectivity index (χ0n) is 43.3. The molecule has 0 radical (unpaired) electrons. The summed E-state index contributed by atoms with van der Waals surface area (Å²) in [6, 6.07) is 5.63. The number of fused-ring (bicyclic) bond motifs is 1. The molecule has 0 spiro atoms. The first-order chi connectivity index (χ1) is 32.9. The van der Waals surface area contributed by atoms with Gasteiger partial charge in [0.05, 0.1) is 5.54 Å². The van der Waals surface area contributed by atoms with Crippen LogP contribution in [-0.2, 0) is 51.9 Å². The van der Waals surface area contributed by atoms with Crippen molar-refractivity contribution in [2.75, 3.05) is 14.1 Å². The fourth-order valence-electron chi connectivity index (χ4n) is 8.78. The van der Waals surface area contributed by atoms with Gasteiger partial charge in [0, 0.05) is 44.0 Å². The third kappa shape index (κ3) is 14.8. The molecule has 7 amide bonds. The minimum atomic E-state index is -1.27. The van der Waals surface area contributed by atoms with Crippen molar-refractivity contribution in [1.82, 2.24) is 41.0 Å². The Morgan fingerprint density at radius 1 is 0.643 bits per heavy atom. The van der Waals surface area contributed by atoms with E-state index in [1.807, 2.05) is 91.9 Å². The van der Waals surface area contributed by atoms with Crippen LogP contribution in [0.15, 0.2) is 79.5 Å². The van der Waals surface area contributed by atoms with Gasteiger partial charge in [-0.1, -0.05) is 90.1 Å². The molecule has 0 saturated carbocycles. The Morgan fingerprint density at radius 3 is 1.70 bits per heavy atom. The number of nitrogens with one attached hydrogen (secondary N) is 5. The van der Waals surface area contributed by atoms with Crippen molar-refractivity contribution >= 4 is 52.3 Å². The summed E-state index contributed by atoms with van der Waals surface area (Å²) in [6.45, 7) is 22.7. The normalized spacial score (nSPS) is 23.4. The minimum Gasteiger partial charge on any atom is -0.508 e. The number of carbonyl (C=O) groups is 7. The van der Waals surface area contributed by atoms with Gasteiger partial charge in [0.25, 0.3) is 0 Å². The fourth-order valence-corrected chi connectivity index (χ4v) is 8.78. The van der Waals surface area contributed by atoms with Crippen molar-refractivity contribution in [1.29, 1.82) is 0 Å². The van der Waals surface area contributed by atoms with Gasteiger partial charge < -0.3 is 46.1 Å². The van der Waals surface area contributed by atoms with E-state index >= 15 is 4.79 Å². The van der Waals surface area contributed by atoms with E-state index in [1.54, 1.807) is 31.2 Å². The molecule has 70 heavy (non-hydrogen) atoms. The second-order valence-electron chi connectivity index (χ2n) is 20.6. The highest BCUT2D eigenvalue weighted by Gasteiger charge is 2.39. The second kappa shape index (κ2) is 24.9. The monoisotopic (exact) mass is 967 g/mol. The lowest BCUT2D eigenvalue weighted by Crippen LogP contribution is -2.60. The van der Waals surface area contributed by atoms with Crippen molar-refractivity contribution in [3.63, 3.8) is 0 Å². The molecule has 1 aliphatic rings. The number of amides is 7. The highest BCUT2D eigenvalue weighted by Crippen LogP contribution is 2.30. The van der Waals surface area contributed by atoms with Crippen LogP contribution in [0.4, 0.5) is 0 Å². The number of aromatic hydroxyl groups is 1. The third-order valence-corrected chi connectivity index (χ3v) is 12.9. The van der Waals surface area contributed by atoms with Crippen molar-refractivity contribution in [3.05, 3.63) is 90.7 Å². The van der Waals surface area contributed by atoms with Crippen LogP contribution in [0, 0.1) is 17.8 Å². The summed E-state index contributed by atoms with van der Waals surface area (Å²) in [7, 11) is 2.96. The number of hydrogen-bond acceptors (Lipinski definition) is 8. The third-order valence-electron chi connectivity index (χ3n) is 12.9. The first-order valence-corrected chi connectivity index (χ1v) is 24.6. The molecule has 16 heteroatoms. The lowest BCUT2D eigenvalue weighted by molar-refractivity contribution is -0.144. The van der Waals surface area contributed by atoms with Gasteiger partial charge in [-0.25, -0.2) is 0 Å². The molecule has 1 fully saturated rings. The minimum absolute atomic E-state index is 0.00276. The molecule has 7 atom stereocenters. The number of phenols is 1. The Bertz CT molecular complexity index is 2370. The second-order valence-corrected chi connectivity index (χ2v) is 20.6. The topological polar surface area (TPSA) is 211 Å². The molecule has 2 heterocycles. The molecule has 3 aromatic rings. The average molecular weight is 967 g/mol. The summed E-state index contributed by atoms with van der Waals surface area (Å²) in [5, 5.41) is 25.3. The Balaban J connectivity index is 1.94. The maximum Gasteiger partial charge on any atom is 0.245 e. The lowest BCUT2D eigenvalue weighted by Gasteiger charge is -2.33. The number of benzene rings is 2. The molecule has 1 aromatic heterocycles. The van der Waals surface area contributed by atoms with Gasteiger partial charge in [-0.05, 0) is 100 Å². The standard InChI is InChI=1S/C54H78N8O8/c1-14-16-20-40-47(64)59-43(30-37-31-62(54(10,11)15-2)44-21-18-17-19-39(37)44)53(70)61(13)46(28-34(7)8)51(68)58-42(29-36-22-24-38(63)25-23-36)48(65)55-35(9)52(69)60(12)45(27-33(5)6)50(67)57-41(26-32(3)4)49(66)56-40/h14-19,21-25,31-35,40-43,45-46,63H,2,20,26-30H2,1,3-13H3,(H,55,65)(H,56,66)(H,57,67)(H,58,68)(H,59,64)/b16-14+/t35-,40-,41-,42-,43-,45-,46-/m0/s1. The van der Waals surface area contributed by atoms with E-state index in [0.717, 1.165) is 16.5 Å². The maximum atomic E-state index is 15.2. The molecule has 2 aromatic carbocycles. The van der Waals surface area contributed by atoms with Crippen LogP contribution >= 0.6 is 0 Å². The summed E-state index contributed by atoms with van der Waals surface area (Å²) in [4.78, 5) is 105. The van der Waals surface area contributed by atoms with E-state index in [-0.39, 0.29) is 62.0 Å². The van der Waals surface area contributed by atoms with Gasteiger partial charge in [-0.2, -0.15) is 0 Å². The smallest absolute Gasteiger partial charge is 0.245 e. The Hall–Kier alpha value is -6.45. The first kappa shape index (κ1) is 56.1. The quantitative estimate of drug-likeness (QED) is 0.117. The molecule has 16 nitrogen and oxygen atoms in total. The van der Waals surface area contributed by atoms with Crippen LogP contribution in [0.1, 0.15) is 106 Å². The van der Waals surface area contributed by atoms with E-state index in [9.17, 15) is 33.9 Å². The van der Waals surface area contributed by atoms with Gasteiger partial charge in [0.2, 0.25) is 41.4 Å². The molecular formula is C54H78N8O8. The van der Waals surface area contributed by atoms with Crippen LogP contribution in [-0.4, -0.2) is 117 Å². The van der Waals surface area contributed by atoms with Crippen molar-refractivity contribution < 1.29 is 38.7 Å². The Morgan fingerprint density at radius 2 is 1.14 bits per heavy atom. The molecule has 0 unspecified atom stereocenters. The zero-order valence-corrected chi connectivity index (χ0v) is 43.3. The van der Waals surface area contributed by atoms with E-state index in [2.05, 4.69) is 37.7 Å². The highest BCUT2D eigenvalue weighted by molar-refractivity contribution is 5.99. The van der Waals surface area contributed by atoms with Crippen LogP contribution < -0.4 is 26.6 Å². The summed E-state index contributed by atoms with van der Waals surface area (Å²) in [6.07, 6.45) is 7.81. The van der Waals surface area contributed by atoms with Gasteiger partial charge in [0.15, 0.2) is 0 Å². The first-order valence-electron chi connectivity index (χ1n) is 24.6. The van der Waals surface area contributed by atoms with Gasteiger partial charge in [-0.15, -0.1) is 6.58 Å². The number of hydrogen-bond donors (Lipinski definition) is 6. The maximum absolute atomic E-state index is 15.2. The number of likely N-dealkylation sites (N-methyl/N-ethyl adjacent to an activating group) is 2. The molecular weight excluding hydrogens is 889 g/mol. The molecule has 1 saturated heterocycles. The number of nitrogens with zero attached hydrogens (tertiary/aromatic N) is 3. The average Bonchev–Trinajstić information content (AvgIpc) is 3.68. The van der Waals surface area contributed by atoms with Crippen molar-refractivity contribution in [2.45, 2.75) is 156 Å². The summed E-state index contributed by atoms with van der Waals surface area (Å²) < 4.78 is 2.05. The Kier molecular flexibility index (Phi) is 20.0. The molecule has 6 N–H and O–H groups in total. The van der Waals surface area contributed by atoms with Crippen molar-refractivity contribution in [2.24, 2.45) is 17.8 Å². The van der Waals surface area contributed by atoms with Crippen molar-refractivity contribution in [3.8, 4) is 5.75 Å². The fraction of sp³-hybridized carbons (Fsp3) is 0.537. The largest absolute Gasteiger partial charge is 0.508 e. The van der Waals surface area contributed by atoms with Gasteiger partial charge in [0.1, 0.15) is 48.0 Å². The summed E-state index contributed by atoms with van der Waals surface area (Å²) >= 11 is 0. The molecule has 1 aliphatic heterocycles. The van der Waals surface area contributed by atoms with Gasteiger partial charge >= 0.3 is 0 Å². The SMILES string of the molecule is C=CC(C)(C)n1cc(C[C@@H]2NC(=O)[C@H](C/C=C/C)NC(=O)[C@H](CC(C)C)NC(=O)[C@H](CC(C)C)N(C)C(=O)[C@H](C)NC(=O)[C@H](Cc3ccc(O)cc3)NC(=O)[C@H](CC(C)C)N(C)C2=O)c2ccccc21. The number of rotatable bonds is 14. The number of allylic oxidation sites excluding steroid dienone is 2. The number of aromatic nitrogens is 1. The van der Waals surface area contributed by atoms with E-state index in [1.165, 1.54) is 43.0 Å². The number of para-hydroxylation sites is 1. The summed E-state index contributed by atoms with van der Waals surface area (Å²) in [5.41, 5.74) is 1.66. The van der Waals surface area contributed by atoms with Gasteiger partial charge in [-0.3, -0.25) is 33.6 Å². The van der Waals surface area contributed by atoms with Crippen LogP contribution in [0.5, 0.6) is 5.75 Å². The lowest BCUT2D eigenvalue weighted by atomic mass is 9.98.